The lowest BCUT2D eigenvalue weighted by molar-refractivity contribution is -0.133. The van der Waals surface area contributed by atoms with Crippen molar-refractivity contribution in [3.05, 3.63) is 11.8 Å². The molecule has 0 fully saturated rings. The lowest BCUT2D eigenvalue weighted by Gasteiger charge is -2.07. The smallest absolute Gasteiger partial charge is 0.334 e. The molecule has 1 atom stereocenters. The second kappa shape index (κ2) is 8.26. The molecule has 0 aromatic rings. The molecule has 0 aromatic heterocycles. The summed E-state index contributed by atoms with van der Waals surface area (Å²) in [7, 11) is 0. The van der Waals surface area contributed by atoms with Gasteiger partial charge in [0.05, 0.1) is 31.2 Å². The maximum absolute atomic E-state index is 10.7. The lowest BCUT2D eigenvalue weighted by Crippen LogP contribution is -2.16. The Morgan fingerprint density at radius 1 is 1.53 bits per heavy atom. The van der Waals surface area contributed by atoms with E-state index >= 15 is 0 Å². The summed E-state index contributed by atoms with van der Waals surface area (Å²) < 4.78 is 5.01. The van der Waals surface area contributed by atoms with Crippen molar-refractivity contribution >= 4 is 5.97 Å². The summed E-state index contributed by atoms with van der Waals surface area (Å²) in [6.45, 7) is 2.00. The van der Waals surface area contributed by atoms with Gasteiger partial charge in [-0.25, -0.2) is 4.79 Å². The highest BCUT2D eigenvalue weighted by Crippen LogP contribution is 2.06. The van der Waals surface area contributed by atoms with Gasteiger partial charge < -0.3 is 20.1 Å². The predicted molar refractivity (Wildman–Crippen MR) is 54.3 cm³/mol. The van der Waals surface area contributed by atoms with Crippen molar-refractivity contribution < 1.29 is 24.9 Å². The maximum atomic E-state index is 10.7. The van der Waals surface area contributed by atoms with Gasteiger partial charge in [-0.3, -0.25) is 0 Å². The van der Waals surface area contributed by atoms with Gasteiger partial charge in [-0.15, -0.1) is 0 Å². The molecule has 0 saturated carbocycles. The number of hydrogen-bond acceptors (Lipinski definition) is 4. The van der Waals surface area contributed by atoms with Crippen molar-refractivity contribution in [3.8, 4) is 0 Å². The highest BCUT2D eigenvalue weighted by Gasteiger charge is 2.13. The lowest BCUT2D eigenvalue weighted by atomic mass is 10.1. The number of carboxylic acids is 1. The molecule has 0 aliphatic heterocycles. The molecule has 0 radical (unpaired) electrons. The van der Waals surface area contributed by atoms with Gasteiger partial charge in [0.25, 0.3) is 0 Å². The molecular formula is C10H18O5. The molecule has 0 rings (SSSR count). The minimum atomic E-state index is -1.14. The highest BCUT2D eigenvalue weighted by molar-refractivity contribution is 5.86. The van der Waals surface area contributed by atoms with Crippen LogP contribution in [-0.2, 0) is 9.53 Å². The Balaban J connectivity index is 4.07. The van der Waals surface area contributed by atoms with E-state index in [9.17, 15) is 4.79 Å². The molecule has 0 aliphatic rings. The number of carbonyl (C=O) groups is 1. The van der Waals surface area contributed by atoms with E-state index in [1.807, 2.05) is 6.92 Å². The Bertz CT molecular complexity index is 212. The average molecular weight is 218 g/mol. The van der Waals surface area contributed by atoms with Gasteiger partial charge in [-0.2, -0.15) is 0 Å². The van der Waals surface area contributed by atoms with E-state index in [0.717, 1.165) is 19.1 Å². The van der Waals surface area contributed by atoms with Gasteiger partial charge in [0.1, 0.15) is 0 Å². The Kier molecular flexibility index (Phi) is 7.67. The SMILES string of the molecule is CCCCOC=C(CC(O)CO)C(=O)O. The normalized spacial score (nSPS) is 13.7. The Morgan fingerprint density at radius 2 is 2.20 bits per heavy atom. The van der Waals surface area contributed by atoms with E-state index in [4.69, 9.17) is 20.1 Å². The summed E-state index contributed by atoms with van der Waals surface area (Å²) >= 11 is 0. The molecule has 0 spiro atoms. The third-order valence-corrected chi connectivity index (χ3v) is 1.78. The molecule has 88 valence electrons. The zero-order valence-electron chi connectivity index (χ0n) is 8.85. The molecule has 15 heavy (non-hydrogen) atoms. The number of hydrogen-bond donors (Lipinski definition) is 3. The van der Waals surface area contributed by atoms with Gasteiger partial charge in [0.15, 0.2) is 0 Å². The summed E-state index contributed by atoms with van der Waals surface area (Å²) in [5.41, 5.74) is -0.0346. The van der Waals surface area contributed by atoms with E-state index in [1.165, 1.54) is 0 Å². The van der Waals surface area contributed by atoms with Crippen molar-refractivity contribution in [1.29, 1.82) is 0 Å². The molecule has 0 amide bonds. The van der Waals surface area contributed by atoms with Crippen molar-refractivity contribution in [3.63, 3.8) is 0 Å². The summed E-state index contributed by atoms with van der Waals surface area (Å²) in [4.78, 5) is 10.7. The number of aliphatic hydroxyl groups excluding tert-OH is 2. The predicted octanol–water partition coefficient (Wildman–Crippen LogP) is 0.515. The van der Waals surface area contributed by atoms with Gasteiger partial charge in [-0.1, -0.05) is 13.3 Å². The minimum absolute atomic E-state index is 0.0346. The second-order valence-electron chi connectivity index (χ2n) is 3.21. The van der Waals surface area contributed by atoms with Crippen LogP contribution >= 0.6 is 0 Å². The third-order valence-electron chi connectivity index (χ3n) is 1.78. The van der Waals surface area contributed by atoms with Crippen LogP contribution in [0.3, 0.4) is 0 Å². The van der Waals surface area contributed by atoms with Crippen LogP contribution in [0.4, 0.5) is 0 Å². The van der Waals surface area contributed by atoms with E-state index < -0.39 is 18.7 Å². The van der Waals surface area contributed by atoms with Crippen molar-refractivity contribution in [2.45, 2.75) is 32.3 Å². The quantitative estimate of drug-likeness (QED) is 0.314. The number of rotatable bonds is 8. The minimum Gasteiger partial charge on any atom is -0.501 e. The van der Waals surface area contributed by atoms with Gasteiger partial charge in [-0.05, 0) is 6.42 Å². The maximum Gasteiger partial charge on any atom is 0.334 e. The first-order valence-corrected chi connectivity index (χ1v) is 4.94. The monoisotopic (exact) mass is 218 g/mol. The first-order chi connectivity index (χ1) is 7.11. The van der Waals surface area contributed by atoms with E-state index in [2.05, 4.69) is 0 Å². The number of aliphatic hydroxyl groups is 2. The van der Waals surface area contributed by atoms with Gasteiger partial charge in [0, 0.05) is 6.42 Å². The topological polar surface area (TPSA) is 87.0 Å². The van der Waals surface area contributed by atoms with Crippen LogP contribution in [0.2, 0.25) is 0 Å². The van der Waals surface area contributed by atoms with Crippen molar-refractivity contribution in [2.75, 3.05) is 13.2 Å². The fraction of sp³-hybridized carbons (Fsp3) is 0.700. The van der Waals surface area contributed by atoms with Crippen LogP contribution in [-0.4, -0.2) is 40.6 Å². The first kappa shape index (κ1) is 13.9. The fourth-order valence-corrected chi connectivity index (χ4v) is 0.891. The largest absolute Gasteiger partial charge is 0.501 e. The Morgan fingerprint density at radius 3 is 2.67 bits per heavy atom. The zero-order chi connectivity index (χ0) is 11.7. The number of ether oxygens (including phenoxy) is 1. The molecular weight excluding hydrogens is 200 g/mol. The Hall–Kier alpha value is -1.07. The number of unbranched alkanes of at least 4 members (excludes halogenated alkanes) is 1. The molecule has 0 aromatic carbocycles. The molecule has 0 saturated heterocycles. The molecule has 3 N–H and O–H groups in total. The molecule has 1 unspecified atom stereocenters. The molecule has 5 nitrogen and oxygen atoms in total. The molecule has 0 heterocycles. The van der Waals surface area contributed by atoms with E-state index in [1.54, 1.807) is 0 Å². The average Bonchev–Trinajstić information content (AvgIpc) is 2.21. The van der Waals surface area contributed by atoms with Crippen LogP contribution in [0.25, 0.3) is 0 Å². The van der Waals surface area contributed by atoms with Crippen LogP contribution in [0.5, 0.6) is 0 Å². The highest BCUT2D eigenvalue weighted by atomic mass is 16.5. The zero-order valence-corrected chi connectivity index (χ0v) is 8.85. The molecule has 0 aliphatic carbocycles. The van der Waals surface area contributed by atoms with Crippen molar-refractivity contribution in [1.82, 2.24) is 0 Å². The third kappa shape index (κ3) is 6.93. The van der Waals surface area contributed by atoms with Crippen LogP contribution in [0, 0.1) is 0 Å². The van der Waals surface area contributed by atoms with Gasteiger partial charge >= 0.3 is 5.97 Å². The first-order valence-electron chi connectivity index (χ1n) is 4.94. The van der Waals surface area contributed by atoms with Crippen LogP contribution in [0.15, 0.2) is 11.8 Å². The van der Waals surface area contributed by atoms with Crippen LogP contribution < -0.4 is 0 Å². The Labute approximate surface area is 89.0 Å². The molecule has 0 bridgehead atoms. The molecule has 5 heteroatoms. The van der Waals surface area contributed by atoms with E-state index in [-0.39, 0.29) is 12.0 Å². The second-order valence-corrected chi connectivity index (χ2v) is 3.21. The standard InChI is InChI=1S/C10H18O5/c1-2-3-4-15-7-8(10(13)14)5-9(12)6-11/h7,9,11-12H,2-6H2,1H3,(H,13,14). The van der Waals surface area contributed by atoms with Crippen LogP contribution in [0.1, 0.15) is 26.2 Å². The summed E-state index contributed by atoms with van der Waals surface area (Å²) in [5.74, 6) is -1.14. The summed E-state index contributed by atoms with van der Waals surface area (Å²) in [6, 6.07) is 0. The summed E-state index contributed by atoms with van der Waals surface area (Å²) in [6.07, 6.45) is 1.79. The van der Waals surface area contributed by atoms with E-state index in [0.29, 0.717) is 6.61 Å². The number of aliphatic carboxylic acids is 1. The summed E-state index contributed by atoms with van der Waals surface area (Å²) in [5, 5.41) is 26.4. The van der Waals surface area contributed by atoms with Gasteiger partial charge in [0.2, 0.25) is 0 Å². The number of carboxylic acid groups (broad SMARTS) is 1. The fourth-order valence-electron chi connectivity index (χ4n) is 0.891. The van der Waals surface area contributed by atoms with Crippen molar-refractivity contribution in [2.24, 2.45) is 0 Å².